The molecule has 3 aromatic rings. The van der Waals surface area contributed by atoms with Gasteiger partial charge in [-0.05, 0) is 35.9 Å². The molecule has 0 unspecified atom stereocenters. The van der Waals surface area contributed by atoms with Gasteiger partial charge >= 0.3 is 5.63 Å². The van der Waals surface area contributed by atoms with Gasteiger partial charge in [0, 0.05) is 22.4 Å². The van der Waals surface area contributed by atoms with E-state index < -0.39 is 5.63 Å². The number of hydrogen-bond acceptors (Lipinski definition) is 3. The molecular weight excluding hydrogens is 276 g/mol. The lowest BCUT2D eigenvalue weighted by Gasteiger charge is -2.05. The molecule has 0 fully saturated rings. The minimum absolute atomic E-state index is 0.113. The van der Waals surface area contributed by atoms with Crippen LogP contribution in [0.25, 0.3) is 11.0 Å². The summed E-state index contributed by atoms with van der Waals surface area (Å²) < 4.78 is 5.26. The maximum Gasteiger partial charge on any atom is 0.339 e. The summed E-state index contributed by atoms with van der Waals surface area (Å²) in [7, 11) is 0. The molecule has 3 rings (SSSR count). The summed E-state index contributed by atoms with van der Waals surface area (Å²) in [6.45, 7) is 0. The monoisotopic (exact) mass is 286 g/mol. The third kappa shape index (κ3) is 2.40. The first-order valence-electron chi connectivity index (χ1n) is 6.12. The Morgan fingerprint density at radius 3 is 2.70 bits per heavy atom. The number of benzene rings is 2. The molecule has 0 aliphatic rings. The third-order valence-corrected chi connectivity index (χ3v) is 3.37. The van der Waals surface area contributed by atoms with E-state index in [9.17, 15) is 9.90 Å². The van der Waals surface area contributed by atoms with Crippen molar-refractivity contribution in [2.45, 2.75) is 6.42 Å². The standard InChI is InChI=1S/C16H11ClO3/c17-13-5-6-14(18)11(9-13)8-12-7-10-3-1-2-4-15(10)20-16(12)19/h1-7,9,18H,8H2. The maximum absolute atomic E-state index is 12.0. The van der Waals surface area contributed by atoms with Crippen LogP contribution in [0.4, 0.5) is 0 Å². The van der Waals surface area contributed by atoms with Crippen molar-refractivity contribution in [3.8, 4) is 5.75 Å². The Kier molecular flexibility index (Phi) is 3.20. The second kappa shape index (κ2) is 5.02. The zero-order valence-electron chi connectivity index (χ0n) is 10.5. The Morgan fingerprint density at radius 2 is 1.85 bits per heavy atom. The van der Waals surface area contributed by atoms with Crippen LogP contribution in [0.2, 0.25) is 5.02 Å². The number of aromatic hydroxyl groups is 1. The maximum atomic E-state index is 12.0. The van der Waals surface area contributed by atoms with Gasteiger partial charge in [-0.2, -0.15) is 0 Å². The summed E-state index contributed by atoms with van der Waals surface area (Å²) in [4.78, 5) is 12.0. The predicted octanol–water partition coefficient (Wildman–Crippen LogP) is 3.74. The first kappa shape index (κ1) is 12.8. The van der Waals surface area contributed by atoms with E-state index in [0.29, 0.717) is 21.7 Å². The van der Waals surface area contributed by atoms with Crippen molar-refractivity contribution in [3.05, 3.63) is 75.1 Å². The second-order valence-corrected chi connectivity index (χ2v) is 4.98. The number of para-hydroxylation sites is 1. The van der Waals surface area contributed by atoms with Crippen molar-refractivity contribution in [1.82, 2.24) is 0 Å². The van der Waals surface area contributed by atoms with Gasteiger partial charge in [-0.3, -0.25) is 0 Å². The average Bonchev–Trinajstić information content (AvgIpc) is 2.43. The molecule has 0 spiro atoms. The fourth-order valence-electron chi connectivity index (χ4n) is 2.13. The highest BCUT2D eigenvalue weighted by Crippen LogP contribution is 2.24. The molecule has 3 nitrogen and oxygen atoms in total. The molecule has 0 aliphatic carbocycles. The number of rotatable bonds is 2. The first-order chi connectivity index (χ1) is 9.63. The summed E-state index contributed by atoms with van der Waals surface area (Å²) in [5.41, 5.74) is 1.24. The third-order valence-electron chi connectivity index (χ3n) is 3.14. The summed E-state index contributed by atoms with van der Waals surface area (Å²) in [6, 6.07) is 13.9. The minimum Gasteiger partial charge on any atom is -0.508 e. The zero-order chi connectivity index (χ0) is 14.1. The molecule has 0 saturated carbocycles. The molecular formula is C16H11ClO3. The Hall–Kier alpha value is -2.26. The topological polar surface area (TPSA) is 50.4 Å². The minimum atomic E-state index is -0.400. The molecule has 1 heterocycles. The zero-order valence-corrected chi connectivity index (χ0v) is 11.2. The van der Waals surface area contributed by atoms with Gasteiger partial charge in [0.2, 0.25) is 0 Å². The van der Waals surface area contributed by atoms with Crippen molar-refractivity contribution in [3.63, 3.8) is 0 Å². The van der Waals surface area contributed by atoms with Crippen molar-refractivity contribution >= 4 is 22.6 Å². The highest BCUT2D eigenvalue weighted by molar-refractivity contribution is 6.30. The average molecular weight is 287 g/mol. The van der Waals surface area contributed by atoms with Gasteiger partial charge in [0.15, 0.2) is 0 Å². The van der Waals surface area contributed by atoms with Gasteiger partial charge in [-0.25, -0.2) is 4.79 Å². The van der Waals surface area contributed by atoms with E-state index >= 15 is 0 Å². The van der Waals surface area contributed by atoms with Crippen molar-refractivity contribution < 1.29 is 9.52 Å². The van der Waals surface area contributed by atoms with Crippen LogP contribution < -0.4 is 5.63 Å². The first-order valence-corrected chi connectivity index (χ1v) is 6.50. The number of halogens is 1. The lowest BCUT2D eigenvalue weighted by molar-refractivity contribution is 0.469. The highest BCUT2D eigenvalue weighted by Gasteiger charge is 2.09. The normalized spacial score (nSPS) is 10.8. The quantitative estimate of drug-likeness (QED) is 0.730. The number of fused-ring (bicyclic) bond motifs is 1. The van der Waals surface area contributed by atoms with Crippen LogP contribution in [0.1, 0.15) is 11.1 Å². The molecule has 0 radical (unpaired) electrons. The van der Waals surface area contributed by atoms with Crippen molar-refractivity contribution in [2.24, 2.45) is 0 Å². The molecule has 4 heteroatoms. The van der Waals surface area contributed by atoms with Crippen LogP contribution in [-0.2, 0) is 6.42 Å². The van der Waals surface area contributed by atoms with Gasteiger partial charge in [0.1, 0.15) is 11.3 Å². The van der Waals surface area contributed by atoms with Gasteiger partial charge in [-0.1, -0.05) is 29.8 Å². The fourth-order valence-corrected chi connectivity index (χ4v) is 2.32. The Labute approximate surface area is 120 Å². The van der Waals surface area contributed by atoms with Crippen LogP contribution >= 0.6 is 11.6 Å². The van der Waals surface area contributed by atoms with E-state index in [1.807, 2.05) is 18.2 Å². The van der Waals surface area contributed by atoms with Gasteiger partial charge in [-0.15, -0.1) is 0 Å². The van der Waals surface area contributed by atoms with Crippen LogP contribution in [0, 0.1) is 0 Å². The summed E-state index contributed by atoms with van der Waals surface area (Å²) >= 11 is 5.91. The van der Waals surface area contributed by atoms with E-state index in [2.05, 4.69) is 0 Å². The van der Waals surface area contributed by atoms with E-state index in [-0.39, 0.29) is 12.2 Å². The Bertz CT molecular complexity index is 836. The predicted molar refractivity (Wildman–Crippen MR) is 78.4 cm³/mol. The molecule has 1 aromatic heterocycles. The SMILES string of the molecule is O=c1oc2ccccc2cc1Cc1cc(Cl)ccc1O. The molecule has 0 saturated heterocycles. The van der Waals surface area contributed by atoms with Crippen molar-refractivity contribution in [1.29, 1.82) is 0 Å². The molecule has 20 heavy (non-hydrogen) atoms. The molecule has 0 aliphatic heterocycles. The van der Waals surface area contributed by atoms with Gasteiger partial charge in [0.25, 0.3) is 0 Å². The number of phenolic OH excluding ortho intramolecular Hbond substituents is 1. The lowest BCUT2D eigenvalue weighted by Crippen LogP contribution is -2.07. The van der Waals surface area contributed by atoms with E-state index in [0.717, 1.165) is 5.39 Å². The van der Waals surface area contributed by atoms with Crippen molar-refractivity contribution in [2.75, 3.05) is 0 Å². The molecule has 2 aromatic carbocycles. The molecule has 1 N–H and O–H groups in total. The van der Waals surface area contributed by atoms with Gasteiger partial charge < -0.3 is 9.52 Å². The van der Waals surface area contributed by atoms with E-state index in [4.69, 9.17) is 16.0 Å². The highest BCUT2D eigenvalue weighted by atomic mass is 35.5. The Morgan fingerprint density at radius 1 is 1.05 bits per heavy atom. The van der Waals surface area contributed by atoms with Crippen LogP contribution in [0.15, 0.2) is 57.7 Å². The van der Waals surface area contributed by atoms with E-state index in [1.165, 1.54) is 6.07 Å². The molecule has 0 atom stereocenters. The summed E-state index contributed by atoms with van der Waals surface area (Å²) in [5.74, 6) is 0.113. The number of phenols is 1. The second-order valence-electron chi connectivity index (χ2n) is 4.55. The lowest BCUT2D eigenvalue weighted by atomic mass is 10.0. The molecule has 100 valence electrons. The van der Waals surface area contributed by atoms with E-state index in [1.54, 1.807) is 24.3 Å². The molecule has 0 amide bonds. The molecule has 0 bridgehead atoms. The largest absolute Gasteiger partial charge is 0.508 e. The fraction of sp³-hybridized carbons (Fsp3) is 0.0625. The van der Waals surface area contributed by atoms with Crippen LogP contribution in [0.5, 0.6) is 5.75 Å². The number of hydrogen-bond donors (Lipinski definition) is 1. The van der Waals surface area contributed by atoms with Gasteiger partial charge in [0.05, 0.1) is 0 Å². The Balaban J connectivity index is 2.08. The van der Waals surface area contributed by atoms with Crippen LogP contribution in [0.3, 0.4) is 0 Å². The summed E-state index contributed by atoms with van der Waals surface area (Å²) in [5, 5.41) is 11.2. The van der Waals surface area contributed by atoms with Crippen LogP contribution in [-0.4, -0.2) is 5.11 Å². The smallest absolute Gasteiger partial charge is 0.339 e. The summed E-state index contributed by atoms with van der Waals surface area (Å²) in [6.07, 6.45) is 0.277.